The maximum atomic E-state index is 12.9. The van der Waals surface area contributed by atoms with Gasteiger partial charge in [-0.1, -0.05) is 82.7 Å². The summed E-state index contributed by atoms with van der Waals surface area (Å²) in [6.07, 6.45) is -1.71. The summed E-state index contributed by atoms with van der Waals surface area (Å²) in [5.41, 5.74) is 1.56. The molecule has 170 valence electrons. The minimum atomic E-state index is -1.72. The Morgan fingerprint density at radius 1 is 0.818 bits per heavy atom. The molecule has 33 heavy (non-hydrogen) atoms. The molecule has 3 aromatic carbocycles. The van der Waals surface area contributed by atoms with Gasteiger partial charge in [0.25, 0.3) is 11.8 Å². The van der Waals surface area contributed by atoms with Gasteiger partial charge in [0.1, 0.15) is 6.04 Å². The van der Waals surface area contributed by atoms with Crippen molar-refractivity contribution in [3.05, 3.63) is 106 Å². The van der Waals surface area contributed by atoms with E-state index in [-0.39, 0.29) is 6.42 Å². The van der Waals surface area contributed by atoms with Gasteiger partial charge < -0.3 is 20.8 Å². The minimum Gasteiger partial charge on any atom is -0.480 e. The first-order chi connectivity index (χ1) is 15.9. The lowest BCUT2D eigenvalue weighted by Crippen LogP contribution is -2.50. The van der Waals surface area contributed by atoms with Gasteiger partial charge in [-0.25, -0.2) is 4.79 Å². The average molecular weight is 511 g/mol. The summed E-state index contributed by atoms with van der Waals surface area (Å²) >= 11 is 3.37. The smallest absolute Gasteiger partial charge is 0.326 e. The summed E-state index contributed by atoms with van der Waals surface area (Å²) in [7, 11) is 0. The molecule has 0 bridgehead atoms. The number of hydrogen-bond donors (Lipinski definition) is 4. The number of carboxylic acids is 1. The molecule has 0 aliphatic rings. The van der Waals surface area contributed by atoms with Crippen molar-refractivity contribution >= 4 is 33.7 Å². The number of carboxylic acid groups (broad SMARTS) is 1. The van der Waals surface area contributed by atoms with Crippen LogP contribution in [0.4, 0.5) is 0 Å². The molecule has 0 unspecified atom stereocenters. The molecule has 0 saturated heterocycles. The fourth-order valence-electron chi connectivity index (χ4n) is 3.31. The predicted octanol–water partition coefficient (Wildman–Crippen LogP) is 3.09. The number of amides is 2. The van der Waals surface area contributed by atoms with Gasteiger partial charge in [-0.05, 0) is 29.3 Å². The van der Waals surface area contributed by atoms with Gasteiger partial charge in [-0.2, -0.15) is 0 Å². The van der Waals surface area contributed by atoms with Crippen LogP contribution in [-0.4, -0.2) is 40.1 Å². The Morgan fingerprint density at radius 3 is 2.00 bits per heavy atom. The molecule has 7 nitrogen and oxygen atoms in total. The number of nitrogens with one attached hydrogen (secondary N) is 2. The zero-order valence-corrected chi connectivity index (χ0v) is 19.1. The van der Waals surface area contributed by atoms with Crippen LogP contribution in [0.25, 0.3) is 0 Å². The Kier molecular flexibility index (Phi) is 8.34. The first-order valence-corrected chi connectivity index (χ1v) is 11.0. The summed E-state index contributed by atoms with van der Waals surface area (Å²) in [5, 5.41) is 25.6. The second kappa shape index (κ2) is 11.4. The quantitative estimate of drug-likeness (QED) is 0.353. The number of carbonyl (C=O) groups excluding carboxylic acids is 2. The zero-order chi connectivity index (χ0) is 23.8. The van der Waals surface area contributed by atoms with E-state index in [0.717, 1.165) is 0 Å². The first kappa shape index (κ1) is 24.2. The van der Waals surface area contributed by atoms with Gasteiger partial charge in [0.2, 0.25) is 0 Å². The molecule has 2 amide bonds. The van der Waals surface area contributed by atoms with Crippen LogP contribution in [0.15, 0.2) is 89.4 Å². The second-order valence-electron chi connectivity index (χ2n) is 7.37. The highest BCUT2D eigenvalue weighted by Gasteiger charge is 2.32. The highest BCUT2D eigenvalue weighted by atomic mass is 79.9. The Morgan fingerprint density at radius 2 is 1.39 bits per heavy atom. The number of carbonyl (C=O) groups is 3. The zero-order valence-electron chi connectivity index (χ0n) is 17.5. The normalized spacial score (nSPS) is 13.4. The molecule has 0 aliphatic heterocycles. The van der Waals surface area contributed by atoms with Crippen molar-refractivity contribution < 1.29 is 24.6 Å². The van der Waals surface area contributed by atoms with Crippen molar-refractivity contribution in [2.45, 2.75) is 24.6 Å². The third kappa shape index (κ3) is 6.50. The van der Waals surface area contributed by atoms with Crippen LogP contribution in [0, 0.1) is 0 Å². The SMILES string of the molecule is O=C(N[C@@H](c1ccccc1)[C@@H](O)C(=O)N[C@@H](Cc1ccccc1Br)C(=O)O)c1ccccc1. The fraction of sp³-hybridized carbons (Fsp3) is 0.160. The van der Waals surface area contributed by atoms with Crippen molar-refractivity contribution in [2.75, 3.05) is 0 Å². The van der Waals surface area contributed by atoms with Gasteiger partial charge in [0, 0.05) is 16.5 Å². The Labute approximate surface area is 199 Å². The number of aliphatic hydroxyl groups is 1. The number of rotatable bonds is 9. The largest absolute Gasteiger partial charge is 0.480 e. The van der Waals surface area contributed by atoms with E-state index in [1.807, 2.05) is 0 Å². The number of hydrogen-bond acceptors (Lipinski definition) is 4. The molecular formula is C25H23BrN2O5. The average Bonchev–Trinajstić information content (AvgIpc) is 2.83. The van der Waals surface area contributed by atoms with Gasteiger partial charge in [-0.3, -0.25) is 9.59 Å². The third-order valence-corrected chi connectivity index (χ3v) is 5.84. The molecule has 4 N–H and O–H groups in total. The number of aliphatic carboxylic acids is 1. The third-order valence-electron chi connectivity index (χ3n) is 5.06. The lowest BCUT2D eigenvalue weighted by atomic mass is 9.99. The molecule has 0 spiro atoms. The molecular weight excluding hydrogens is 488 g/mol. The van der Waals surface area contributed by atoms with E-state index in [0.29, 0.717) is 21.2 Å². The number of benzene rings is 3. The van der Waals surface area contributed by atoms with Crippen LogP contribution >= 0.6 is 15.9 Å². The van der Waals surface area contributed by atoms with Crippen LogP contribution in [0.1, 0.15) is 27.5 Å². The maximum absolute atomic E-state index is 12.9. The van der Waals surface area contributed by atoms with Gasteiger partial charge in [-0.15, -0.1) is 0 Å². The summed E-state index contributed by atoms with van der Waals surface area (Å²) in [4.78, 5) is 37.4. The summed E-state index contributed by atoms with van der Waals surface area (Å²) in [6, 6.07) is 21.7. The number of halogens is 1. The van der Waals surface area contributed by atoms with E-state index in [9.17, 15) is 24.6 Å². The molecule has 0 radical (unpaired) electrons. The van der Waals surface area contributed by atoms with E-state index in [4.69, 9.17) is 0 Å². The van der Waals surface area contributed by atoms with E-state index in [1.54, 1.807) is 84.9 Å². The van der Waals surface area contributed by atoms with E-state index in [1.165, 1.54) is 0 Å². The molecule has 0 aliphatic carbocycles. The molecule has 8 heteroatoms. The van der Waals surface area contributed by atoms with Crippen LogP contribution in [0.2, 0.25) is 0 Å². The Bertz CT molecular complexity index is 1110. The second-order valence-corrected chi connectivity index (χ2v) is 8.22. The Balaban J connectivity index is 1.79. The van der Waals surface area contributed by atoms with Crippen molar-refractivity contribution in [1.82, 2.24) is 10.6 Å². The molecule has 3 aromatic rings. The highest BCUT2D eigenvalue weighted by Crippen LogP contribution is 2.20. The number of aliphatic hydroxyl groups excluding tert-OH is 1. The van der Waals surface area contributed by atoms with Gasteiger partial charge in [0.05, 0.1) is 6.04 Å². The minimum absolute atomic E-state index is 0.0155. The standard InChI is InChI=1S/C25H23BrN2O5/c26-19-14-8-7-13-18(19)15-20(25(32)33)27-24(31)22(29)21(16-9-3-1-4-10-16)28-23(30)17-11-5-2-6-12-17/h1-14,20-22,29H,15H2,(H,27,31)(H,28,30)(H,32,33)/t20-,21-,22+/m0/s1. The monoisotopic (exact) mass is 510 g/mol. The fourth-order valence-corrected chi connectivity index (χ4v) is 3.76. The molecule has 0 saturated carbocycles. The van der Waals surface area contributed by atoms with Crippen LogP contribution < -0.4 is 10.6 Å². The van der Waals surface area contributed by atoms with Gasteiger partial charge in [0.15, 0.2) is 6.10 Å². The molecule has 0 heterocycles. The predicted molar refractivity (Wildman–Crippen MR) is 127 cm³/mol. The van der Waals surface area contributed by atoms with E-state index < -0.39 is 36.0 Å². The van der Waals surface area contributed by atoms with Crippen molar-refractivity contribution in [1.29, 1.82) is 0 Å². The Hall–Kier alpha value is -3.49. The molecule has 0 aromatic heterocycles. The van der Waals surface area contributed by atoms with E-state index >= 15 is 0 Å². The van der Waals surface area contributed by atoms with Crippen LogP contribution in [0.5, 0.6) is 0 Å². The van der Waals surface area contributed by atoms with E-state index in [2.05, 4.69) is 26.6 Å². The highest BCUT2D eigenvalue weighted by molar-refractivity contribution is 9.10. The molecule has 3 atom stereocenters. The van der Waals surface area contributed by atoms with Crippen molar-refractivity contribution in [3.63, 3.8) is 0 Å². The maximum Gasteiger partial charge on any atom is 0.326 e. The van der Waals surface area contributed by atoms with Crippen LogP contribution in [-0.2, 0) is 16.0 Å². The topological polar surface area (TPSA) is 116 Å². The van der Waals surface area contributed by atoms with Crippen molar-refractivity contribution in [3.8, 4) is 0 Å². The lowest BCUT2D eigenvalue weighted by Gasteiger charge is -2.25. The van der Waals surface area contributed by atoms with Gasteiger partial charge >= 0.3 is 5.97 Å². The van der Waals surface area contributed by atoms with Crippen LogP contribution in [0.3, 0.4) is 0 Å². The summed E-state index contributed by atoms with van der Waals surface area (Å²) in [6.45, 7) is 0. The van der Waals surface area contributed by atoms with Crippen molar-refractivity contribution in [2.24, 2.45) is 0 Å². The molecule has 0 fully saturated rings. The summed E-state index contributed by atoms with van der Waals surface area (Å²) in [5.74, 6) is -2.62. The molecule has 3 rings (SSSR count). The summed E-state index contributed by atoms with van der Waals surface area (Å²) < 4.78 is 0.711. The first-order valence-electron chi connectivity index (χ1n) is 10.2. The lowest BCUT2D eigenvalue weighted by molar-refractivity contribution is -0.143.